The van der Waals surface area contributed by atoms with Crippen LogP contribution in [0.2, 0.25) is 0 Å². The first-order valence-electron chi connectivity index (χ1n) is 6.44. The standard InChI is InChI=1S/C13H20N4O2/c1-5-7-8-17(6-2)11-10(9-14)12(18)16(4)13(19)15(11)3/h5-8H2,1-4H3. The average Bonchev–Trinajstić information content (AvgIpc) is 2.42. The van der Waals surface area contributed by atoms with E-state index in [1.54, 1.807) is 7.05 Å². The van der Waals surface area contributed by atoms with Crippen molar-refractivity contribution in [2.24, 2.45) is 14.1 Å². The Morgan fingerprint density at radius 1 is 1.21 bits per heavy atom. The molecule has 0 saturated heterocycles. The molecule has 0 amide bonds. The van der Waals surface area contributed by atoms with Crippen LogP contribution in [0.1, 0.15) is 32.3 Å². The summed E-state index contributed by atoms with van der Waals surface area (Å²) in [6.07, 6.45) is 1.96. The van der Waals surface area contributed by atoms with E-state index >= 15 is 0 Å². The maximum absolute atomic E-state index is 12.0. The zero-order valence-corrected chi connectivity index (χ0v) is 11.9. The number of nitriles is 1. The normalized spacial score (nSPS) is 10.3. The van der Waals surface area contributed by atoms with Crippen LogP contribution in [-0.4, -0.2) is 22.2 Å². The number of hydrogen-bond donors (Lipinski definition) is 0. The molecule has 0 bridgehead atoms. The highest BCUT2D eigenvalue weighted by Crippen LogP contribution is 2.14. The van der Waals surface area contributed by atoms with Crippen molar-refractivity contribution in [3.05, 3.63) is 26.4 Å². The number of anilines is 1. The molecule has 1 rings (SSSR count). The van der Waals surface area contributed by atoms with Crippen LogP contribution in [-0.2, 0) is 14.1 Å². The van der Waals surface area contributed by atoms with E-state index in [-0.39, 0.29) is 5.56 Å². The Bertz CT molecular complexity index is 607. The molecule has 0 N–H and O–H groups in total. The molecule has 19 heavy (non-hydrogen) atoms. The predicted molar refractivity (Wildman–Crippen MR) is 74.4 cm³/mol. The lowest BCUT2D eigenvalue weighted by Crippen LogP contribution is -2.42. The molecule has 0 atom stereocenters. The van der Waals surface area contributed by atoms with Gasteiger partial charge in [0.15, 0.2) is 5.56 Å². The summed E-state index contributed by atoms with van der Waals surface area (Å²) < 4.78 is 2.34. The Labute approximate surface area is 112 Å². The first-order valence-corrected chi connectivity index (χ1v) is 6.44. The van der Waals surface area contributed by atoms with E-state index in [1.165, 1.54) is 11.6 Å². The molecular formula is C13H20N4O2. The minimum Gasteiger partial charge on any atom is -0.357 e. The zero-order chi connectivity index (χ0) is 14.6. The van der Waals surface area contributed by atoms with Gasteiger partial charge < -0.3 is 4.90 Å². The summed E-state index contributed by atoms with van der Waals surface area (Å²) in [6.45, 7) is 5.39. The second kappa shape index (κ2) is 6.23. The van der Waals surface area contributed by atoms with Crippen molar-refractivity contribution < 1.29 is 0 Å². The van der Waals surface area contributed by atoms with Crippen molar-refractivity contribution in [3.8, 4) is 6.07 Å². The first-order chi connectivity index (χ1) is 8.99. The monoisotopic (exact) mass is 264 g/mol. The Morgan fingerprint density at radius 2 is 1.84 bits per heavy atom. The zero-order valence-electron chi connectivity index (χ0n) is 11.9. The van der Waals surface area contributed by atoms with Crippen LogP contribution in [0.4, 0.5) is 5.82 Å². The lowest BCUT2D eigenvalue weighted by atomic mass is 10.2. The second-order valence-electron chi connectivity index (χ2n) is 4.45. The van der Waals surface area contributed by atoms with Crippen LogP contribution in [0, 0.1) is 11.3 Å². The summed E-state index contributed by atoms with van der Waals surface area (Å²) in [5, 5.41) is 9.20. The molecular weight excluding hydrogens is 244 g/mol. The van der Waals surface area contributed by atoms with Crippen LogP contribution in [0.3, 0.4) is 0 Å². The highest BCUT2D eigenvalue weighted by Gasteiger charge is 2.19. The molecule has 0 fully saturated rings. The van der Waals surface area contributed by atoms with Gasteiger partial charge in [-0.3, -0.25) is 13.9 Å². The van der Waals surface area contributed by atoms with Gasteiger partial charge in [-0.1, -0.05) is 13.3 Å². The van der Waals surface area contributed by atoms with Gasteiger partial charge in [0.05, 0.1) is 0 Å². The van der Waals surface area contributed by atoms with E-state index in [0.717, 1.165) is 24.0 Å². The van der Waals surface area contributed by atoms with Crippen molar-refractivity contribution in [2.45, 2.75) is 26.7 Å². The van der Waals surface area contributed by atoms with Gasteiger partial charge in [0, 0.05) is 27.2 Å². The fourth-order valence-corrected chi connectivity index (χ4v) is 2.06. The van der Waals surface area contributed by atoms with Crippen molar-refractivity contribution in [2.75, 3.05) is 18.0 Å². The van der Waals surface area contributed by atoms with E-state index in [9.17, 15) is 14.9 Å². The molecule has 0 aliphatic carbocycles. The van der Waals surface area contributed by atoms with Crippen molar-refractivity contribution >= 4 is 5.82 Å². The minimum absolute atomic E-state index is 0.0301. The highest BCUT2D eigenvalue weighted by molar-refractivity contribution is 5.53. The topological polar surface area (TPSA) is 71.0 Å². The molecule has 104 valence electrons. The lowest BCUT2D eigenvalue weighted by Gasteiger charge is -2.25. The van der Waals surface area contributed by atoms with Gasteiger partial charge in [0.25, 0.3) is 5.56 Å². The molecule has 0 spiro atoms. The van der Waals surface area contributed by atoms with E-state index in [0.29, 0.717) is 12.4 Å². The maximum atomic E-state index is 12.0. The Morgan fingerprint density at radius 3 is 2.32 bits per heavy atom. The van der Waals surface area contributed by atoms with E-state index < -0.39 is 11.2 Å². The lowest BCUT2D eigenvalue weighted by molar-refractivity contribution is 0.644. The number of unbranched alkanes of at least 4 members (excludes halogenated alkanes) is 1. The summed E-state index contributed by atoms with van der Waals surface area (Å²) in [4.78, 5) is 25.9. The molecule has 0 aromatic carbocycles. The van der Waals surface area contributed by atoms with Crippen LogP contribution in [0.5, 0.6) is 0 Å². The third-order valence-electron chi connectivity index (χ3n) is 3.21. The third kappa shape index (κ3) is 2.70. The third-order valence-corrected chi connectivity index (χ3v) is 3.21. The quantitative estimate of drug-likeness (QED) is 0.780. The Kier molecular flexibility index (Phi) is 4.93. The van der Waals surface area contributed by atoms with Crippen molar-refractivity contribution in [1.82, 2.24) is 9.13 Å². The van der Waals surface area contributed by atoms with Gasteiger partial charge in [0.2, 0.25) is 0 Å². The van der Waals surface area contributed by atoms with Crippen LogP contribution in [0.25, 0.3) is 0 Å². The van der Waals surface area contributed by atoms with E-state index in [2.05, 4.69) is 6.92 Å². The minimum atomic E-state index is -0.532. The summed E-state index contributed by atoms with van der Waals surface area (Å²) in [7, 11) is 2.98. The van der Waals surface area contributed by atoms with E-state index in [1.807, 2.05) is 17.9 Å². The molecule has 0 unspecified atom stereocenters. The molecule has 1 heterocycles. The fourth-order valence-electron chi connectivity index (χ4n) is 2.06. The molecule has 0 saturated carbocycles. The molecule has 0 radical (unpaired) electrons. The van der Waals surface area contributed by atoms with Crippen LogP contribution < -0.4 is 16.1 Å². The second-order valence-corrected chi connectivity index (χ2v) is 4.45. The number of nitrogens with zero attached hydrogens (tertiary/aromatic N) is 4. The van der Waals surface area contributed by atoms with Gasteiger partial charge in [-0.15, -0.1) is 0 Å². The Balaban J connectivity index is 3.54. The average molecular weight is 264 g/mol. The summed E-state index contributed by atoms with van der Waals surface area (Å²) in [5.74, 6) is 0.423. The molecule has 1 aromatic rings. The molecule has 6 nitrogen and oxygen atoms in total. The van der Waals surface area contributed by atoms with Gasteiger partial charge in [-0.2, -0.15) is 5.26 Å². The first kappa shape index (κ1) is 15.0. The van der Waals surface area contributed by atoms with Gasteiger partial charge in [-0.25, -0.2) is 4.79 Å². The molecule has 0 aliphatic heterocycles. The fraction of sp³-hybridized carbons (Fsp3) is 0.615. The summed E-state index contributed by atoms with van der Waals surface area (Å²) in [5.41, 5.74) is -0.910. The van der Waals surface area contributed by atoms with Gasteiger partial charge >= 0.3 is 5.69 Å². The summed E-state index contributed by atoms with van der Waals surface area (Å²) >= 11 is 0. The highest BCUT2D eigenvalue weighted by atomic mass is 16.2. The molecule has 0 aliphatic rings. The smallest absolute Gasteiger partial charge is 0.332 e. The predicted octanol–water partition coefficient (Wildman–Crippen LogP) is 0.582. The largest absolute Gasteiger partial charge is 0.357 e. The van der Waals surface area contributed by atoms with Crippen LogP contribution in [0.15, 0.2) is 9.59 Å². The van der Waals surface area contributed by atoms with Crippen molar-refractivity contribution in [3.63, 3.8) is 0 Å². The van der Waals surface area contributed by atoms with E-state index in [4.69, 9.17) is 0 Å². The number of aromatic nitrogens is 2. The SMILES string of the molecule is CCCCN(CC)c1c(C#N)c(=O)n(C)c(=O)n1C. The Hall–Kier alpha value is -2.03. The maximum Gasteiger partial charge on any atom is 0.332 e. The molecule has 6 heteroatoms. The van der Waals surface area contributed by atoms with Crippen molar-refractivity contribution in [1.29, 1.82) is 5.26 Å². The summed E-state index contributed by atoms with van der Waals surface area (Å²) in [6, 6.07) is 1.93. The molecule has 1 aromatic heterocycles. The van der Waals surface area contributed by atoms with Gasteiger partial charge in [0.1, 0.15) is 11.9 Å². The number of hydrogen-bond acceptors (Lipinski definition) is 4. The van der Waals surface area contributed by atoms with Gasteiger partial charge in [-0.05, 0) is 13.3 Å². The number of rotatable bonds is 5. The van der Waals surface area contributed by atoms with Crippen LogP contribution >= 0.6 is 0 Å².